The molecule has 2 aromatic carbocycles. The highest BCUT2D eigenvalue weighted by Crippen LogP contribution is 2.20. The summed E-state index contributed by atoms with van der Waals surface area (Å²) in [5, 5.41) is 1.12. The molecule has 0 spiro atoms. The molecule has 0 aliphatic heterocycles. The zero-order valence-electron chi connectivity index (χ0n) is 14.1. The van der Waals surface area contributed by atoms with Gasteiger partial charge < -0.3 is 9.80 Å². The van der Waals surface area contributed by atoms with Crippen molar-refractivity contribution in [2.75, 3.05) is 30.9 Å². The van der Waals surface area contributed by atoms with Crippen molar-refractivity contribution in [1.82, 2.24) is 9.97 Å². The van der Waals surface area contributed by atoms with Gasteiger partial charge in [-0.2, -0.15) is 0 Å². The molecule has 0 amide bonds. The standard InChI is InChI=1S/C19H22N4/c1-14-17-7-5-6-8-18(17)21-19(20-14)13-23(4)16-11-9-15(10-12-16)22(2)3/h5-12H,13H2,1-4H3. The topological polar surface area (TPSA) is 32.3 Å². The quantitative estimate of drug-likeness (QED) is 0.736. The zero-order valence-corrected chi connectivity index (χ0v) is 14.1. The molecule has 4 heteroatoms. The molecule has 0 aliphatic rings. The summed E-state index contributed by atoms with van der Waals surface area (Å²) < 4.78 is 0. The molecular formula is C19H22N4. The summed E-state index contributed by atoms with van der Waals surface area (Å²) >= 11 is 0. The minimum absolute atomic E-state index is 0.687. The molecular weight excluding hydrogens is 284 g/mol. The normalized spacial score (nSPS) is 10.8. The second-order valence-electron chi connectivity index (χ2n) is 6.01. The fraction of sp³-hybridized carbons (Fsp3) is 0.263. The third kappa shape index (κ3) is 3.26. The Labute approximate surface area is 137 Å². The average molecular weight is 306 g/mol. The van der Waals surface area contributed by atoms with E-state index in [-0.39, 0.29) is 0 Å². The first-order chi connectivity index (χ1) is 11.0. The molecule has 0 aliphatic carbocycles. The lowest BCUT2D eigenvalue weighted by molar-refractivity contribution is 0.839. The van der Waals surface area contributed by atoms with Crippen molar-refractivity contribution in [2.45, 2.75) is 13.5 Å². The summed E-state index contributed by atoms with van der Waals surface area (Å²) in [6, 6.07) is 16.7. The number of aryl methyl sites for hydroxylation is 1. The zero-order chi connectivity index (χ0) is 16.4. The summed E-state index contributed by atoms with van der Waals surface area (Å²) in [4.78, 5) is 13.6. The van der Waals surface area contributed by atoms with Crippen LogP contribution in [0.4, 0.5) is 11.4 Å². The van der Waals surface area contributed by atoms with E-state index in [1.54, 1.807) is 0 Å². The molecule has 23 heavy (non-hydrogen) atoms. The summed E-state index contributed by atoms with van der Waals surface area (Å²) in [5.41, 5.74) is 4.39. The van der Waals surface area contributed by atoms with Crippen LogP contribution in [-0.2, 0) is 6.54 Å². The largest absolute Gasteiger partial charge is 0.378 e. The Bertz CT molecular complexity index is 809. The van der Waals surface area contributed by atoms with Crippen LogP contribution in [0, 0.1) is 6.92 Å². The Balaban J connectivity index is 1.83. The molecule has 1 aromatic heterocycles. The summed E-state index contributed by atoms with van der Waals surface area (Å²) in [5.74, 6) is 0.848. The maximum atomic E-state index is 4.69. The first kappa shape index (κ1) is 15.3. The van der Waals surface area contributed by atoms with E-state index in [1.807, 2.05) is 39.2 Å². The number of hydrogen-bond donors (Lipinski definition) is 0. The lowest BCUT2D eigenvalue weighted by Gasteiger charge is -2.20. The molecule has 0 atom stereocenters. The number of rotatable bonds is 4. The lowest BCUT2D eigenvalue weighted by atomic mass is 10.2. The molecule has 4 nitrogen and oxygen atoms in total. The van der Waals surface area contributed by atoms with Gasteiger partial charge in [0.25, 0.3) is 0 Å². The van der Waals surface area contributed by atoms with Crippen LogP contribution in [0.15, 0.2) is 48.5 Å². The molecule has 0 saturated carbocycles. The van der Waals surface area contributed by atoms with Gasteiger partial charge in [-0.3, -0.25) is 0 Å². The molecule has 0 radical (unpaired) electrons. The fourth-order valence-electron chi connectivity index (χ4n) is 2.67. The van der Waals surface area contributed by atoms with Crippen LogP contribution in [0.25, 0.3) is 10.9 Å². The van der Waals surface area contributed by atoms with E-state index in [0.717, 1.165) is 28.1 Å². The first-order valence-corrected chi connectivity index (χ1v) is 7.75. The van der Waals surface area contributed by atoms with Crippen LogP contribution in [0.2, 0.25) is 0 Å². The van der Waals surface area contributed by atoms with E-state index in [4.69, 9.17) is 0 Å². The highest BCUT2D eigenvalue weighted by atomic mass is 15.1. The van der Waals surface area contributed by atoms with Gasteiger partial charge in [0.2, 0.25) is 0 Å². The molecule has 1 heterocycles. The van der Waals surface area contributed by atoms with Gasteiger partial charge in [-0.1, -0.05) is 18.2 Å². The van der Waals surface area contributed by atoms with Gasteiger partial charge in [0, 0.05) is 43.6 Å². The van der Waals surface area contributed by atoms with Crippen molar-refractivity contribution in [3.8, 4) is 0 Å². The van der Waals surface area contributed by atoms with Gasteiger partial charge >= 0.3 is 0 Å². The second kappa shape index (κ2) is 6.24. The Morgan fingerprint density at radius 1 is 0.826 bits per heavy atom. The third-order valence-corrected chi connectivity index (χ3v) is 4.03. The van der Waals surface area contributed by atoms with Crippen LogP contribution < -0.4 is 9.80 Å². The van der Waals surface area contributed by atoms with Crippen LogP contribution in [0.1, 0.15) is 11.5 Å². The van der Waals surface area contributed by atoms with Crippen LogP contribution in [0.5, 0.6) is 0 Å². The molecule has 3 aromatic rings. The predicted octanol–water partition coefficient (Wildman–Crippen LogP) is 3.64. The fourth-order valence-corrected chi connectivity index (χ4v) is 2.67. The highest BCUT2D eigenvalue weighted by molar-refractivity contribution is 5.80. The number of fused-ring (bicyclic) bond motifs is 1. The number of para-hydroxylation sites is 1. The van der Waals surface area contributed by atoms with Gasteiger partial charge in [-0.05, 0) is 37.3 Å². The Morgan fingerprint density at radius 3 is 2.17 bits per heavy atom. The van der Waals surface area contributed by atoms with Crippen LogP contribution in [-0.4, -0.2) is 31.1 Å². The number of benzene rings is 2. The lowest BCUT2D eigenvalue weighted by Crippen LogP contribution is -2.19. The maximum Gasteiger partial charge on any atom is 0.148 e. The van der Waals surface area contributed by atoms with Crippen molar-refractivity contribution >= 4 is 22.3 Å². The molecule has 0 N–H and O–H groups in total. The number of nitrogens with zero attached hydrogens (tertiary/aromatic N) is 4. The summed E-state index contributed by atoms with van der Waals surface area (Å²) in [7, 11) is 6.16. The maximum absolute atomic E-state index is 4.69. The first-order valence-electron chi connectivity index (χ1n) is 7.75. The van der Waals surface area contributed by atoms with Crippen LogP contribution in [0.3, 0.4) is 0 Å². The number of hydrogen-bond acceptors (Lipinski definition) is 4. The van der Waals surface area contributed by atoms with Gasteiger partial charge in [0.15, 0.2) is 0 Å². The van der Waals surface area contributed by atoms with E-state index in [2.05, 4.69) is 57.1 Å². The van der Waals surface area contributed by atoms with Crippen molar-refractivity contribution in [2.24, 2.45) is 0 Å². The molecule has 3 rings (SSSR count). The summed E-state index contributed by atoms with van der Waals surface area (Å²) in [6.07, 6.45) is 0. The van der Waals surface area contributed by atoms with Crippen molar-refractivity contribution < 1.29 is 0 Å². The van der Waals surface area contributed by atoms with Gasteiger partial charge in [0.05, 0.1) is 12.1 Å². The minimum Gasteiger partial charge on any atom is -0.378 e. The predicted molar refractivity (Wildman–Crippen MR) is 97.2 cm³/mol. The van der Waals surface area contributed by atoms with E-state index in [9.17, 15) is 0 Å². The van der Waals surface area contributed by atoms with Gasteiger partial charge in [0.1, 0.15) is 5.82 Å². The monoisotopic (exact) mass is 306 g/mol. The van der Waals surface area contributed by atoms with E-state index in [1.165, 1.54) is 5.69 Å². The van der Waals surface area contributed by atoms with Crippen molar-refractivity contribution in [3.05, 3.63) is 60.0 Å². The smallest absolute Gasteiger partial charge is 0.148 e. The van der Waals surface area contributed by atoms with E-state index in [0.29, 0.717) is 6.54 Å². The average Bonchev–Trinajstić information content (AvgIpc) is 2.55. The van der Waals surface area contributed by atoms with E-state index < -0.39 is 0 Å². The Kier molecular flexibility index (Phi) is 4.15. The van der Waals surface area contributed by atoms with Crippen molar-refractivity contribution in [3.63, 3.8) is 0 Å². The van der Waals surface area contributed by atoms with Crippen LogP contribution >= 0.6 is 0 Å². The Hall–Kier alpha value is -2.62. The SMILES string of the molecule is Cc1nc(CN(C)c2ccc(N(C)C)cc2)nc2ccccc12. The molecule has 0 fully saturated rings. The minimum atomic E-state index is 0.687. The molecule has 0 saturated heterocycles. The highest BCUT2D eigenvalue weighted by Gasteiger charge is 2.08. The second-order valence-corrected chi connectivity index (χ2v) is 6.01. The molecule has 118 valence electrons. The number of aromatic nitrogens is 2. The molecule has 0 bridgehead atoms. The van der Waals surface area contributed by atoms with Gasteiger partial charge in [-0.15, -0.1) is 0 Å². The summed E-state index contributed by atoms with van der Waals surface area (Å²) in [6.45, 7) is 2.73. The van der Waals surface area contributed by atoms with E-state index >= 15 is 0 Å². The van der Waals surface area contributed by atoms with Crippen molar-refractivity contribution in [1.29, 1.82) is 0 Å². The Morgan fingerprint density at radius 2 is 1.48 bits per heavy atom. The van der Waals surface area contributed by atoms with Gasteiger partial charge in [-0.25, -0.2) is 9.97 Å². The molecule has 0 unspecified atom stereocenters. The number of anilines is 2. The third-order valence-electron chi connectivity index (χ3n) is 4.03.